The van der Waals surface area contributed by atoms with Crippen LogP contribution in [-0.2, 0) is 11.2 Å². The molecule has 0 aliphatic heterocycles. The molecule has 1 aromatic heterocycles. The first-order valence-electron chi connectivity index (χ1n) is 7.28. The minimum Gasteiger partial charge on any atom is -0.460 e. The number of rotatable bonds is 5. The molecule has 4 nitrogen and oxygen atoms in total. The Kier molecular flexibility index (Phi) is 4.04. The lowest BCUT2D eigenvalue weighted by Crippen LogP contribution is -2.19. The molecule has 1 amide bonds. The first kappa shape index (κ1) is 14.5. The summed E-state index contributed by atoms with van der Waals surface area (Å²) in [5.41, 5.74) is 3.17. The van der Waals surface area contributed by atoms with Crippen LogP contribution in [-0.4, -0.2) is 12.1 Å². The SMILES string of the molecule is C[C@H]1C[C@H]1c1ccc(/C=N\NC(=O)Cc2ccc(F)cc2)o1. The number of nitrogens with one attached hydrogen (secondary N) is 1. The molecule has 1 saturated carbocycles. The molecule has 1 aromatic carbocycles. The summed E-state index contributed by atoms with van der Waals surface area (Å²) in [4.78, 5) is 11.7. The summed E-state index contributed by atoms with van der Waals surface area (Å²) in [7, 11) is 0. The number of hydrogen-bond donors (Lipinski definition) is 1. The standard InChI is InChI=1S/C17H17FN2O2/c1-11-8-15(11)16-7-6-14(22-16)10-19-20-17(21)9-12-2-4-13(18)5-3-12/h2-7,10-11,15H,8-9H2,1H3,(H,20,21)/b19-10-/t11-,15+/m0/s1. The van der Waals surface area contributed by atoms with Crippen molar-refractivity contribution in [2.24, 2.45) is 11.0 Å². The van der Waals surface area contributed by atoms with Gasteiger partial charge in [-0.15, -0.1) is 0 Å². The van der Waals surface area contributed by atoms with E-state index in [1.165, 1.54) is 24.8 Å². The Balaban J connectivity index is 1.49. The molecular weight excluding hydrogens is 283 g/mol. The van der Waals surface area contributed by atoms with E-state index in [0.29, 0.717) is 17.6 Å². The highest BCUT2D eigenvalue weighted by Crippen LogP contribution is 2.47. The van der Waals surface area contributed by atoms with Crippen LogP contribution in [0.5, 0.6) is 0 Å². The molecule has 1 heterocycles. The van der Waals surface area contributed by atoms with Crippen LogP contribution in [0.15, 0.2) is 45.9 Å². The second-order valence-corrected chi connectivity index (χ2v) is 5.66. The lowest BCUT2D eigenvalue weighted by atomic mass is 10.1. The quantitative estimate of drug-likeness (QED) is 0.681. The number of hydrazone groups is 1. The van der Waals surface area contributed by atoms with E-state index >= 15 is 0 Å². The molecule has 1 aliphatic carbocycles. The molecule has 1 N–H and O–H groups in total. The Labute approximate surface area is 128 Å². The number of benzene rings is 1. The van der Waals surface area contributed by atoms with Crippen molar-refractivity contribution in [2.45, 2.75) is 25.7 Å². The van der Waals surface area contributed by atoms with E-state index in [0.717, 1.165) is 11.3 Å². The summed E-state index contributed by atoms with van der Waals surface area (Å²) in [5.74, 6) is 2.23. The van der Waals surface area contributed by atoms with E-state index in [-0.39, 0.29) is 18.1 Å². The van der Waals surface area contributed by atoms with Crippen LogP contribution in [0, 0.1) is 11.7 Å². The van der Waals surface area contributed by atoms with Gasteiger partial charge < -0.3 is 4.42 Å². The van der Waals surface area contributed by atoms with E-state index < -0.39 is 0 Å². The summed E-state index contributed by atoms with van der Waals surface area (Å²) >= 11 is 0. The third-order valence-electron chi connectivity index (χ3n) is 3.78. The van der Waals surface area contributed by atoms with E-state index in [1.807, 2.05) is 12.1 Å². The van der Waals surface area contributed by atoms with Crippen molar-refractivity contribution < 1.29 is 13.6 Å². The Morgan fingerprint density at radius 3 is 2.77 bits per heavy atom. The maximum atomic E-state index is 12.8. The van der Waals surface area contributed by atoms with Crippen molar-refractivity contribution in [1.82, 2.24) is 5.43 Å². The summed E-state index contributed by atoms with van der Waals surface area (Å²) in [6.45, 7) is 2.19. The average Bonchev–Trinajstić information content (AvgIpc) is 3.04. The number of hydrogen-bond acceptors (Lipinski definition) is 3. The molecule has 0 saturated heterocycles. The van der Waals surface area contributed by atoms with E-state index in [4.69, 9.17) is 4.42 Å². The van der Waals surface area contributed by atoms with Gasteiger partial charge in [-0.05, 0) is 42.2 Å². The van der Waals surface area contributed by atoms with E-state index in [9.17, 15) is 9.18 Å². The topological polar surface area (TPSA) is 54.6 Å². The average molecular weight is 300 g/mol. The van der Waals surface area contributed by atoms with Gasteiger partial charge in [0.15, 0.2) is 0 Å². The molecule has 1 fully saturated rings. The summed E-state index contributed by atoms with van der Waals surface area (Å²) in [5, 5.41) is 3.87. The predicted octanol–water partition coefficient (Wildman–Crippen LogP) is 3.23. The van der Waals surface area contributed by atoms with Crippen LogP contribution < -0.4 is 5.43 Å². The zero-order chi connectivity index (χ0) is 15.5. The Hall–Kier alpha value is -2.43. The second-order valence-electron chi connectivity index (χ2n) is 5.66. The van der Waals surface area contributed by atoms with Crippen LogP contribution in [0.1, 0.15) is 36.3 Å². The molecule has 1 aliphatic rings. The highest BCUT2D eigenvalue weighted by atomic mass is 19.1. The van der Waals surface area contributed by atoms with Crippen LogP contribution in [0.3, 0.4) is 0 Å². The Bertz CT molecular complexity index is 691. The number of halogens is 1. The van der Waals surface area contributed by atoms with E-state index in [1.54, 1.807) is 12.1 Å². The number of amides is 1. The van der Waals surface area contributed by atoms with E-state index in [2.05, 4.69) is 17.5 Å². The van der Waals surface area contributed by atoms with Crippen LogP contribution >= 0.6 is 0 Å². The number of carbonyl (C=O) groups excluding carboxylic acids is 1. The molecule has 22 heavy (non-hydrogen) atoms. The molecule has 2 aromatic rings. The molecule has 5 heteroatoms. The maximum absolute atomic E-state index is 12.8. The van der Waals surface area contributed by atoms with Gasteiger partial charge in [0, 0.05) is 5.92 Å². The normalized spacial score (nSPS) is 20.3. The molecule has 0 radical (unpaired) electrons. The highest BCUT2D eigenvalue weighted by Gasteiger charge is 2.36. The van der Waals surface area contributed by atoms with Crippen molar-refractivity contribution in [2.75, 3.05) is 0 Å². The van der Waals surface area contributed by atoms with Gasteiger partial charge >= 0.3 is 0 Å². The number of nitrogens with zero attached hydrogens (tertiary/aromatic N) is 1. The lowest BCUT2D eigenvalue weighted by Gasteiger charge is -1.99. The summed E-state index contributed by atoms with van der Waals surface area (Å²) in [6.07, 6.45) is 2.80. The van der Waals surface area contributed by atoms with Crippen LogP contribution in [0.25, 0.3) is 0 Å². The molecule has 3 rings (SSSR count). The third-order valence-corrected chi connectivity index (χ3v) is 3.78. The second kappa shape index (κ2) is 6.13. The first-order chi connectivity index (χ1) is 10.6. The van der Waals surface area contributed by atoms with Gasteiger partial charge in [-0.3, -0.25) is 4.79 Å². The smallest absolute Gasteiger partial charge is 0.244 e. The Morgan fingerprint density at radius 1 is 1.36 bits per heavy atom. The number of carbonyl (C=O) groups is 1. The van der Waals surface area contributed by atoms with Crippen LogP contribution in [0.4, 0.5) is 4.39 Å². The fourth-order valence-electron chi connectivity index (χ4n) is 2.35. The van der Waals surface area contributed by atoms with Gasteiger partial charge in [0.2, 0.25) is 5.91 Å². The summed E-state index contributed by atoms with van der Waals surface area (Å²) < 4.78 is 18.4. The number of furan rings is 1. The first-order valence-corrected chi connectivity index (χ1v) is 7.28. The van der Waals surface area contributed by atoms with Crippen molar-refractivity contribution in [3.8, 4) is 0 Å². The van der Waals surface area contributed by atoms with Gasteiger partial charge in [0.05, 0.1) is 12.6 Å². The molecule has 114 valence electrons. The minimum atomic E-state index is -0.319. The van der Waals surface area contributed by atoms with Crippen molar-refractivity contribution in [3.05, 3.63) is 59.3 Å². The molecular formula is C17H17FN2O2. The third kappa shape index (κ3) is 3.61. The molecule has 0 spiro atoms. The summed E-state index contributed by atoms with van der Waals surface area (Å²) in [6, 6.07) is 9.61. The van der Waals surface area contributed by atoms with Crippen molar-refractivity contribution >= 4 is 12.1 Å². The lowest BCUT2D eigenvalue weighted by molar-refractivity contribution is -0.120. The Morgan fingerprint density at radius 2 is 2.09 bits per heavy atom. The predicted molar refractivity (Wildman–Crippen MR) is 81.1 cm³/mol. The fourth-order valence-corrected chi connectivity index (χ4v) is 2.35. The van der Waals surface area contributed by atoms with Gasteiger partial charge in [-0.1, -0.05) is 19.1 Å². The van der Waals surface area contributed by atoms with Gasteiger partial charge in [-0.25, -0.2) is 9.82 Å². The molecule has 2 atom stereocenters. The fraction of sp³-hybridized carbons (Fsp3) is 0.294. The molecule has 0 bridgehead atoms. The van der Waals surface area contributed by atoms with Crippen LogP contribution in [0.2, 0.25) is 0 Å². The van der Waals surface area contributed by atoms with Gasteiger partial charge in [-0.2, -0.15) is 5.10 Å². The largest absolute Gasteiger partial charge is 0.460 e. The monoisotopic (exact) mass is 300 g/mol. The zero-order valence-electron chi connectivity index (χ0n) is 12.3. The highest BCUT2D eigenvalue weighted by molar-refractivity contribution is 5.81. The van der Waals surface area contributed by atoms with Crippen molar-refractivity contribution in [1.29, 1.82) is 0 Å². The van der Waals surface area contributed by atoms with Crippen molar-refractivity contribution in [3.63, 3.8) is 0 Å². The molecule has 0 unspecified atom stereocenters. The minimum absolute atomic E-state index is 0.153. The van der Waals surface area contributed by atoms with Gasteiger partial charge in [0.1, 0.15) is 17.3 Å². The zero-order valence-corrected chi connectivity index (χ0v) is 12.3. The van der Waals surface area contributed by atoms with Gasteiger partial charge in [0.25, 0.3) is 0 Å². The maximum Gasteiger partial charge on any atom is 0.244 e.